The summed E-state index contributed by atoms with van der Waals surface area (Å²) in [6.07, 6.45) is 4.57. The number of hydrogen-bond donors (Lipinski definition) is 1. The average Bonchev–Trinajstić information content (AvgIpc) is 3.64. The second-order valence-electron chi connectivity index (χ2n) is 12.8. The number of rotatable bonds is 11. The first-order valence-electron chi connectivity index (χ1n) is 16.0. The smallest absolute Gasteiger partial charge is 0.251 e. The molecule has 7 nitrogen and oxygen atoms in total. The van der Waals surface area contributed by atoms with Crippen LogP contribution < -0.4 is 9.80 Å². The molecular formula is C38H40ClN3O4S. The average molecular weight is 670 g/mol. The van der Waals surface area contributed by atoms with Gasteiger partial charge in [0.05, 0.1) is 39.9 Å². The van der Waals surface area contributed by atoms with Crippen molar-refractivity contribution in [3.8, 4) is 0 Å². The number of para-hydroxylation sites is 2. The molecule has 3 aliphatic heterocycles. The van der Waals surface area contributed by atoms with Crippen LogP contribution >= 0.6 is 23.4 Å². The zero-order valence-corrected chi connectivity index (χ0v) is 28.3. The van der Waals surface area contributed by atoms with Gasteiger partial charge in [-0.05, 0) is 56.0 Å². The molecule has 3 aliphatic rings. The Morgan fingerprint density at radius 3 is 2.23 bits per heavy atom. The van der Waals surface area contributed by atoms with Gasteiger partial charge in [-0.25, -0.2) is 0 Å². The van der Waals surface area contributed by atoms with Crippen LogP contribution in [0, 0.1) is 18.8 Å². The normalized spacial score (nSPS) is 26.5. The van der Waals surface area contributed by atoms with E-state index < -0.39 is 33.4 Å². The highest BCUT2D eigenvalue weighted by atomic mass is 35.5. The molecule has 0 aliphatic carbocycles. The molecule has 9 heteroatoms. The molecule has 3 fully saturated rings. The van der Waals surface area contributed by atoms with E-state index in [2.05, 4.69) is 20.1 Å². The number of likely N-dealkylation sites (tertiary alicyclic amines) is 1. The summed E-state index contributed by atoms with van der Waals surface area (Å²) in [6, 6.07) is 22.4. The van der Waals surface area contributed by atoms with E-state index in [1.54, 1.807) is 44.7 Å². The Hall–Kier alpha value is -3.85. The molecule has 1 N–H and O–H groups in total. The molecule has 3 amide bonds. The molecule has 3 heterocycles. The number of carbonyl (C=O) groups is 3. The number of benzene rings is 3. The van der Waals surface area contributed by atoms with Gasteiger partial charge in [0.2, 0.25) is 11.8 Å². The Kier molecular flexibility index (Phi) is 9.13. The van der Waals surface area contributed by atoms with Crippen LogP contribution in [0.4, 0.5) is 11.4 Å². The first-order valence-corrected chi connectivity index (χ1v) is 17.2. The van der Waals surface area contributed by atoms with Crippen LogP contribution in [0.2, 0.25) is 5.02 Å². The van der Waals surface area contributed by atoms with Crippen LogP contribution in [0.5, 0.6) is 0 Å². The van der Waals surface area contributed by atoms with E-state index >= 15 is 9.59 Å². The highest BCUT2D eigenvalue weighted by Crippen LogP contribution is 2.72. The van der Waals surface area contributed by atoms with E-state index in [4.69, 9.17) is 11.6 Å². The molecule has 6 rings (SSSR count). The summed E-state index contributed by atoms with van der Waals surface area (Å²) in [5.41, 5.74) is 2.81. The lowest BCUT2D eigenvalue weighted by Gasteiger charge is -2.40. The Balaban J connectivity index is 1.52. The largest absolute Gasteiger partial charge is 0.394 e. The number of fused-ring (bicyclic) bond motifs is 1. The molecule has 3 aromatic carbocycles. The van der Waals surface area contributed by atoms with E-state index in [0.717, 1.165) is 11.3 Å². The lowest BCUT2D eigenvalue weighted by Crippen LogP contribution is -2.56. The molecule has 1 spiro atoms. The molecule has 3 aromatic rings. The topological polar surface area (TPSA) is 81.2 Å². The number of halogens is 1. The minimum absolute atomic E-state index is 0.163. The van der Waals surface area contributed by atoms with Crippen LogP contribution in [-0.2, 0) is 14.4 Å². The highest BCUT2D eigenvalue weighted by molar-refractivity contribution is 8.02. The van der Waals surface area contributed by atoms with E-state index in [1.165, 1.54) is 0 Å². The van der Waals surface area contributed by atoms with Gasteiger partial charge < -0.3 is 19.8 Å². The van der Waals surface area contributed by atoms with E-state index in [0.29, 0.717) is 29.1 Å². The van der Waals surface area contributed by atoms with Crippen molar-refractivity contribution in [1.82, 2.24) is 4.90 Å². The van der Waals surface area contributed by atoms with Crippen LogP contribution in [-0.4, -0.2) is 63.0 Å². The number of aliphatic hydroxyl groups is 1. The van der Waals surface area contributed by atoms with Crippen LogP contribution in [0.25, 0.3) is 0 Å². The molecule has 0 saturated carbocycles. The number of carbonyl (C=O) groups excluding carboxylic acids is 3. The van der Waals surface area contributed by atoms with Crippen LogP contribution in [0.15, 0.2) is 104 Å². The number of amides is 3. The standard InChI is InChI=1S/C38H40ClN3O4S/c1-5-22-40(27-17-11-8-12-18-27)34(44)30-31-35(45)42(29(24-43)26-15-9-7-10-16-26)33(38(31)21-20-37(30,4)47-38)36(46)41(23-6-2)32-25(3)14-13-19-28(32)39/h5-19,29-31,33,43H,1-2,20-24H2,3-4H3/t29-,30+,31+,33?,37-,38?/m1/s1. The van der Waals surface area contributed by atoms with Gasteiger partial charge in [-0.2, -0.15) is 0 Å². The van der Waals surface area contributed by atoms with Crippen molar-refractivity contribution in [2.24, 2.45) is 11.8 Å². The van der Waals surface area contributed by atoms with E-state index in [1.807, 2.05) is 79.7 Å². The molecule has 0 radical (unpaired) electrons. The van der Waals surface area contributed by atoms with Gasteiger partial charge in [0.25, 0.3) is 5.91 Å². The van der Waals surface area contributed by atoms with E-state index in [-0.39, 0.29) is 37.4 Å². The summed E-state index contributed by atoms with van der Waals surface area (Å²) < 4.78 is -1.49. The van der Waals surface area contributed by atoms with Gasteiger partial charge in [-0.3, -0.25) is 14.4 Å². The van der Waals surface area contributed by atoms with Crippen molar-refractivity contribution >= 4 is 52.5 Å². The van der Waals surface area contributed by atoms with Crippen molar-refractivity contribution in [2.45, 2.75) is 48.3 Å². The summed E-state index contributed by atoms with van der Waals surface area (Å²) in [4.78, 5) is 50.0. The van der Waals surface area contributed by atoms with Gasteiger partial charge in [-0.15, -0.1) is 24.9 Å². The van der Waals surface area contributed by atoms with Crippen molar-refractivity contribution in [2.75, 3.05) is 29.5 Å². The van der Waals surface area contributed by atoms with Crippen LogP contribution in [0.1, 0.15) is 36.9 Å². The lowest BCUT2D eigenvalue weighted by atomic mass is 9.66. The maximum Gasteiger partial charge on any atom is 0.251 e. The quantitative estimate of drug-likeness (QED) is 0.233. The maximum absolute atomic E-state index is 15.2. The number of hydrogen-bond acceptors (Lipinski definition) is 5. The Bertz CT molecular complexity index is 1680. The number of anilines is 2. The number of thioether (sulfide) groups is 1. The van der Waals surface area contributed by atoms with Gasteiger partial charge >= 0.3 is 0 Å². The minimum atomic E-state index is -0.970. The molecule has 47 heavy (non-hydrogen) atoms. The number of nitrogens with zero attached hydrogens (tertiary/aromatic N) is 3. The summed E-state index contributed by atoms with van der Waals surface area (Å²) >= 11 is 8.35. The van der Waals surface area contributed by atoms with Crippen molar-refractivity contribution < 1.29 is 19.5 Å². The fraction of sp³-hybridized carbons (Fsp3) is 0.342. The zero-order chi connectivity index (χ0) is 33.5. The first-order chi connectivity index (χ1) is 22.6. The third kappa shape index (κ3) is 5.31. The summed E-state index contributed by atoms with van der Waals surface area (Å²) in [5.74, 6) is -2.23. The third-order valence-electron chi connectivity index (χ3n) is 10.1. The predicted octanol–water partition coefficient (Wildman–Crippen LogP) is 6.60. The lowest BCUT2D eigenvalue weighted by molar-refractivity contribution is -0.142. The number of aryl methyl sites for hydroxylation is 1. The second-order valence-corrected chi connectivity index (χ2v) is 15.1. The highest BCUT2D eigenvalue weighted by Gasteiger charge is 2.78. The van der Waals surface area contributed by atoms with Gasteiger partial charge in [-0.1, -0.05) is 84.4 Å². The van der Waals surface area contributed by atoms with Crippen LogP contribution in [0.3, 0.4) is 0 Å². The molecule has 244 valence electrons. The molecule has 6 atom stereocenters. The minimum Gasteiger partial charge on any atom is -0.394 e. The fourth-order valence-corrected chi connectivity index (χ4v) is 10.8. The molecule has 0 aromatic heterocycles. The molecule has 2 unspecified atom stereocenters. The fourth-order valence-electron chi connectivity index (χ4n) is 8.14. The SMILES string of the molecule is C=CCN(C(=O)[C@@H]1[C@H]2C(=O)N([C@H](CO)c3ccccc3)C(C(=O)N(CC=C)c3c(C)cccc3Cl)C23CC[C@@]1(C)S3)c1ccccc1. The van der Waals surface area contributed by atoms with Crippen molar-refractivity contribution in [1.29, 1.82) is 0 Å². The number of aliphatic hydroxyl groups excluding tert-OH is 1. The second kappa shape index (κ2) is 13.0. The van der Waals surface area contributed by atoms with Gasteiger partial charge in [0, 0.05) is 23.5 Å². The zero-order valence-electron chi connectivity index (χ0n) is 26.7. The van der Waals surface area contributed by atoms with Gasteiger partial charge in [0.1, 0.15) is 6.04 Å². The Labute approximate surface area is 285 Å². The summed E-state index contributed by atoms with van der Waals surface area (Å²) in [7, 11) is 0. The Morgan fingerprint density at radius 1 is 0.979 bits per heavy atom. The summed E-state index contributed by atoms with van der Waals surface area (Å²) in [6.45, 7) is 11.9. The van der Waals surface area contributed by atoms with Crippen molar-refractivity contribution in [3.05, 3.63) is 120 Å². The van der Waals surface area contributed by atoms with Crippen molar-refractivity contribution in [3.63, 3.8) is 0 Å². The Morgan fingerprint density at radius 2 is 1.62 bits per heavy atom. The summed E-state index contributed by atoms with van der Waals surface area (Å²) in [5, 5.41) is 11.3. The maximum atomic E-state index is 15.2. The molecular weight excluding hydrogens is 630 g/mol. The third-order valence-corrected chi connectivity index (χ3v) is 12.4. The van der Waals surface area contributed by atoms with E-state index in [9.17, 15) is 9.90 Å². The first kappa shape index (κ1) is 33.1. The molecule has 3 saturated heterocycles. The van der Waals surface area contributed by atoms with Gasteiger partial charge in [0.15, 0.2) is 0 Å². The molecule has 2 bridgehead atoms. The monoisotopic (exact) mass is 669 g/mol. The predicted molar refractivity (Wildman–Crippen MR) is 190 cm³/mol.